The van der Waals surface area contributed by atoms with Crippen LogP contribution >= 0.6 is 0 Å². The number of piperidine rings is 4. The Balaban J connectivity index is 1.24. The number of rotatable bonds is 8. The second-order valence-electron chi connectivity index (χ2n) is 8.00. The first-order valence-electron chi connectivity index (χ1n) is 10.1. The Bertz CT molecular complexity index is 426. The van der Waals surface area contributed by atoms with Crippen LogP contribution in [0, 0.1) is 5.92 Å². The normalized spacial score (nSPS) is 35.7. The molecule has 4 aliphatic rings. The molecule has 6 heteroatoms. The number of carbonyl (C=O) groups excluding carboxylic acids is 1. The Morgan fingerprint density at radius 1 is 1.04 bits per heavy atom. The lowest BCUT2D eigenvalue weighted by atomic mass is 9.86. The van der Waals surface area contributed by atoms with E-state index in [1.54, 1.807) is 7.11 Å². The van der Waals surface area contributed by atoms with E-state index in [2.05, 4.69) is 9.80 Å². The number of fused-ring (bicyclic) bond motifs is 3. The van der Waals surface area contributed by atoms with Gasteiger partial charge in [-0.15, -0.1) is 0 Å². The van der Waals surface area contributed by atoms with Gasteiger partial charge in [0.25, 0.3) is 0 Å². The Morgan fingerprint density at radius 3 is 2.52 bits per heavy atom. The van der Waals surface area contributed by atoms with Crippen molar-refractivity contribution in [3.05, 3.63) is 0 Å². The smallest absolute Gasteiger partial charge is 0.306 e. The van der Waals surface area contributed by atoms with E-state index in [4.69, 9.17) is 15.2 Å². The zero-order valence-corrected chi connectivity index (χ0v) is 15.7. The van der Waals surface area contributed by atoms with Crippen LogP contribution in [-0.4, -0.2) is 80.4 Å². The molecule has 4 rings (SSSR count). The molecule has 2 N–H and O–H groups in total. The number of esters is 1. The number of ether oxygens (including phenoxy) is 2. The van der Waals surface area contributed by atoms with Crippen molar-refractivity contribution in [1.29, 1.82) is 0 Å². The molecule has 4 aliphatic heterocycles. The molecule has 2 unspecified atom stereocenters. The summed E-state index contributed by atoms with van der Waals surface area (Å²) in [5.41, 5.74) is 6.05. The largest absolute Gasteiger partial charge is 0.461 e. The summed E-state index contributed by atoms with van der Waals surface area (Å²) >= 11 is 0. The van der Waals surface area contributed by atoms with Crippen LogP contribution in [0.1, 0.15) is 44.9 Å². The lowest BCUT2D eigenvalue weighted by Crippen LogP contribution is -2.51. The Morgan fingerprint density at radius 2 is 1.84 bits per heavy atom. The molecule has 0 aromatic rings. The minimum Gasteiger partial charge on any atom is -0.461 e. The molecule has 3 atom stereocenters. The zero-order valence-electron chi connectivity index (χ0n) is 15.7. The molecule has 144 valence electrons. The Hall–Kier alpha value is -0.690. The SMILES string of the molecule is COC1CN(CCCCCC(=O)O[C@H]2CN3CCC2CC3)CCC1N. The van der Waals surface area contributed by atoms with Gasteiger partial charge in [0.2, 0.25) is 0 Å². The number of nitrogens with two attached hydrogens (primary N) is 1. The van der Waals surface area contributed by atoms with Crippen molar-refractivity contribution < 1.29 is 14.3 Å². The standard InChI is InChI=1S/C19H35N3O3/c1-24-18-14-21(12-8-16(18)20)9-4-2-3-5-19(23)25-17-13-22-10-6-15(17)7-11-22/h15-18H,2-14,20H2,1H3/t16?,17-,18?/m0/s1. The van der Waals surface area contributed by atoms with Crippen molar-refractivity contribution in [2.24, 2.45) is 11.7 Å². The topological polar surface area (TPSA) is 68.0 Å². The predicted octanol–water partition coefficient (Wildman–Crippen LogP) is 1.23. The van der Waals surface area contributed by atoms with E-state index in [1.165, 1.54) is 25.9 Å². The van der Waals surface area contributed by atoms with Gasteiger partial charge >= 0.3 is 5.97 Å². The van der Waals surface area contributed by atoms with Gasteiger partial charge in [0.15, 0.2) is 0 Å². The molecule has 4 saturated heterocycles. The van der Waals surface area contributed by atoms with Gasteiger partial charge in [0.05, 0.1) is 6.10 Å². The molecule has 4 heterocycles. The number of unbranched alkanes of at least 4 members (excludes halogenated alkanes) is 2. The molecule has 2 bridgehead atoms. The van der Waals surface area contributed by atoms with Crippen molar-refractivity contribution in [3.63, 3.8) is 0 Å². The maximum absolute atomic E-state index is 12.1. The number of nitrogens with zero attached hydrogens (tertiary/aromatic N) is 2. The van der Waals surface area contributed by atoms with E-state index < -0.39 is 0 Å². The molecule has 25 heavy (non-hydrogen) atoms. The molecular formula is C19H35N3O3. The quantitative estimate of drug-likeness (QED) is 0.523. The lowest BCUT2D eigenvalue weighted by molar-refractivity contribution is -0.158. The third kappa shape index (κ3) is 5.39. The van der Waals surface area contributed by atoms with Crippen LogP contribution in [0.3, 0.4) is 0 Å². The fourth-order valence-corrected chi connectivity index (χ4v) is 4.50. The van der Waals surface area contributed by atoms with Gasteiger partial charge in [0.1, 0.15) is 6.10 Å². The summed E-state index contributed by atoms with van der Waals surface area (Å²) in [6.07, 6.45) is 7.40. The fourth-order valence-electron chi connectivity index (χ4n) is 4.50. The van der Waals surface area contributed by atoms with Gasteiger partial charge in [-0.05, 0) is 64.2 Å². The minimum atomic E-state index is 0.00198. The third-order valence-electron chi connectivity index (χ3n) is 6.23. The second-order valence-corrected chi connectivity index (χ2v) is 8.00. The van der Waals surface area contributed by atoms with E-state index in [9.17, 15) is 4.79 Å². The Kier molecular flexibility index (Phi) is 7.10. The van der Waals surface area contributed by atoms with E-state index >= 15 is 0 Å². The summed E-state index contributed by atoms with van der Waals surface area (Å²) in [7, 11) is 1.74. The van der Waals surface area contributed by atoms with Crippen LogP contribution in [0.2, 0.25) is 0 Å². The summed E-state index contributed by atoms with van der Waals surface area (Å²) < 4.78 is 11.2. The molecule has 0 saturated carbocycles. The number of hydrogen-bond donors (Lipinski definition) is 1. The molecule has 4 fully saturated rings. The zero-order chi connectivity index (χ0) is 17.6. The van der Waals surface area contributed by atoms with Crippen LogP contribution in [0.4, 0.5) is 0 Å². The van der Waals surface area contributed by atoms with Crippen molar-refractivity contribution >= 4 is 5.97 Å². The van der Waals surface area contributed by atoms with Crippen LogP contribution in [0.15, 0.2) is 0 Å². The first-order valence-corrected chi connectivity index (χ1v) is 10.1. The minimum absolute atomic E-state index is 0.00198. The van der Waals surface area contributed by atoms with Gasteiger partial charge in [-0.3, -0.25) is 9.69 Å². The van der Waals surface area contributed by atoms with Gasteiger partial charge in [-0.25, -0.2) is 0 Å². The molecule has 0 amide bonds. The van der Waals surface area contributed by atoms with Gasteiger partial charge in [0, 0.05) is 32.7 Å². The molecular weight excluding hydrogens is 318 g/mol. The van der Waals surface area contributed by atoms with Crippen LogP contribution < -0.4 is 5.73 Å². The average Bonchev–Trinajstić information content (AvgIpc) is 2.63. The highest BCUT2D eigenvalue weighted by Crippen LogP contribution is 2.29. The number of methoxy groups -OCH3 is 1. The van der Waals surface area contributed by atoms with Crippen molar-refractivity contribution in [2.45, 2.75) is 63.2 Å². The first-order chi connectivity index (χ1) is 12.2. The number of carbonyl (C=O) groups is 1. The monoisotopic (exact) mass is 353 g/mol. The van der Waals surface area contributed by atoms with E-state index in [0.29, 0.717) is 12.3 Å². The van der Waals surface area contributed by atoms with E-state index in [1.807, 2.05) is 0 Å². The highest BCUT2D eigenvalue weighted by molar-refractivity contribution is 5.69. The highest BCUT2D eigenvalue weighted by atomic mass is 16.5. The molecule has 0 radical (unpaired) electrons. The van der Waals surface area contributed by atoms with Gasteiger partial charge in [-0.2, -0.15) is 0 Å². The van der Waals surface area contributed by atoms with Crippen LogP contribution in [0.5, 0.6) is 0 Å². The molecule has 0 aromatic carbocycles. The van der Waals surface area contributed by atoms with Crippen molar-refractivity contribution in [3.8, 4) is 0 Å². The average molecular weight is 354 g/mol. The molecule has 0 aromatic heterocycles. The van der Waals surface area contributed by atoms with Gasteiger partial charge < -0.3 is 20.1 Å². The lowest BCUT2D eigenvalue weighted by Gasteiger charge is -2.43. The van der Waals surface area contributed by atoms with E-state index in [0.717, 1.165) is 51.9 Å². The molecule has 0 aliphatic carbocycles. The Labute approximate surface area is 152 Å². The van der Waals surface area contributed by atoms with Crippen LogP contribution in [0.25, 0.3) is 0 Å². The van der Waals surface area contributed by atoms with Crippen LogP contribution in [-0.2, 0) is 14.3 Å². The van der Waals surface area contributed by atoms with Crippen molar-refractivity contribution in [2.75, 3.05) is 46.4 Å². The summed E-state index contributed by atoms with van der Waals surface area (Å²) in [6, 6.07) is 0.169. The van der Waals surface area contributed by atoms with Gasteiger partial charge in [-0.1, -0.05) is 6.42 Å². The first kappa shape index (κ1) is 19.1. The maximum Gasteiger partial charge on any atom is 0.306 e. The number of likely N-dealkylation sites (tertiary alicyclic amines) is 1. The summed E-state index contributed by atoms with van der Waals surface area (Å²) in [4.78, 5) is 16.9. The molecule has 0 spiro atoms. The highest BCUT2D eigenvalue weighted by Gasteiger charge is 2.36. The van der Waals surface area contributed by atoms with Crippen molar-refractivity contribution in [1.82, 2.24) is 9.80 Å². The molecule has 6 nitrogen and oxygen atoms in total. The maximum atomic E-state index is 12.1. The number of hydrogen-bond acceptors (Lipinski definition) is 6. The summed E-state index contributed by atoms with van der Waals surface area (Å²) in [5.74, 6) is 0.607. The summed E-state index contributed by atoms with van der Waals surface area (Å²) in [6.45, 7) is 6.38. The summed E-state index contributed by atoms with van der Waals surface area (Å²) in [5, 5.41) is 0. The fraction of sp³-hybridized carbons (Fsp3) is 0.947. The predicted molar refractivity (Wildman–Crippen MR) is 97.3 cm³/mol. The van der Waals surface area contributed by atoms with E-state index in [-0.39, 0.29) is 24.2 Å². The third-order valence-corrected chi connectivity index (χ3v) is 6.23. The second kappa shape index (κ2) is 9.31.